The van der Waals surface area contributed by atoms with Crippen molar-refractivity contribution in [1.82, 2.24) is 0 Å². The van der Waals surface area contributed by atoms with Gasteiger partial charge in [0.15, 0.2) is 0 Å². The largest absolute Gasteiger partial charge is 0.465 e. The van der Waals surface area contributed by atoms with Gasteiger partial charge in [0, 0.05) is 0 Å². The summed E-state index contributed by atoms with van der Waals surface area (Å²) in [5, 5.41) is 15.1. The van der Waals surface area contributed by atoms with Gasteiger partial charge in [0.05, 0.1) is 5.44 Å². The molecule has 50 valence electrons. The van der Waals surface area contributed by atoms with E-state index in [0.29, 0.717) is 0 Å². The minimum Gasteiger partial charge on any atom is -0.465 e. The molecule has 4 N–H and O–H groups in total. The summed E-state index contributed by atoms with van der Waals surface area (Å²) in [6.45, 7) is 1.59. The van der Waals surface area contributed by atoms with Crippen molar-refractivity contribution >= 4 is 18.7 Å². The van der Waals surface area contributed by atoms with E-state index in [-0.39, 0.29) is 0 Å². The van der Waals surface area contributed by atoms with E-state index in [1.54, 1.807) is 6.92 Å². The van der Waals surface area contributed by atoms with Gasteiger partial charge in [-0.2, -0.15) is 0 Å². The summed E-state index contributed by atoms with van der Waals surface area (Å²) < 4.78 is 0. The van der Waals surface area contributed by atoms with Crippen molar-refractivity contribution in [1.29, 1.82) is 0 Å². The molecule has 0 aromatic heterocycles. The highest BCUT2D eigenvalue weighted by Crippen LogP contribution is 1.78. The van der Waals surface area contributed by atoms with E-state index in [4.69, 9.17) is 15.0 Å². The van der Waals surface area contributed by atoms with Crippen molar-refractivity contribution in [2.24, 2.45) is 5.73 Å². The number of hydrogen-bond acceptors (Lipinski definition) is 3. The summed E-state index contributed by atoms with van der Waals surface area (Å²) in [5.74, 6) is 0. The van der Waals surface area contributed by atoms with Crippen molar-refractivity contribution in [2.75, 3.05) is 0 Å². The maximum Gasteiger partial charge on any atom is 0.402 e. The van der Waals surface area contributed by atoms with E-state index in [0.717, 1.165) is 0 Å². The Balaban J connectivity index is 0. The van der Waals surface area contributed by atoms with E-state index < -0.39 is 11.5 Å². The predicted molar refractivity (Wildman–Crippen MR) is 32.9 cm³/mol. The quantitative estimate of drug-likeness (QED) is 0.279. The van der Waals surface area contributed by atoms with E-state index in [9.17, 15) is 0 Å². The maximum atomic E-state index is 8.78. The van der Waals surface area contributed by atoms with Crippen molar-refractivity contribution in [3.05, 3.63) is 0 Å². The van der Waals surface area contributed by atoms with Crippen molar-refractivity contribution in [3.8, 4) is 0 Å². The van der Waals surface area contributed by atoms with Crippen LogP contribution in [0.2, 0.25) is 0 Å². The summed E-state index contributed by atoms with van der Waals surface area (Å²) >= 11 is 3.52. The van der Waals surface area contributed by atoms with Crippen LogP contribution in [-0.4, -0.2) is 21.7 Å². The molecule has 1 atom stereocenters. The molecular weight excluding hydrogens is 130 g/mol. The van der Waals surface area contributed by atoms with Gasteiger partial charge in [0.25, 0.3) is 0 Å². The van der Waals surface area contributed by atoms with Crippen LogP contribution in [0.1, 0.15) is 6.92 Å². The van der Waals surface area contributed by atoms with Crippen molar-refractivity contribution in [3.63, 3.8) is 0 Å². The normalized spacial score (nSPS) is 10.9. The first-order valence-electron chi connectivity index (χ1n) is 1.81. The SMILES string of the molecule is CC(O)S.NC(=O)O. The van der Waals surface area contributed by atoms with Crippen LogP contribution in [-0.2, 0) is 0 Å². The fourth-order valence-corrected chi connectivity index (χ4v) is 0. The predicted octanol–water partition coefficient (Wildman–Crippen LogP) is -0.122. The second kappa shape index (κ2) is 6.58. The molecule has 0 heterocycles. The first-order chi connectivity index (χ1) is 3.46. The standard InChI is InChI=1S/C2H6OS.CH3NO2/c1-2(3)4;2-1(3)4/h2-4H,1H3;2H2,(H,3,4). The highest BCUT2D eigenvalue weighted by molar-refractivity contribution is 7.80. The van der Waals surface area contributed by atoms with Crippen molar-refractivity contribution < 1.29 is 15.0 Å². The van der Waals surface area contributed by atoms with Crippen LogP contribution in [0.15, 0.2) is 0 Å². The molecule has 0 saturated heterocycles. The molecule has 0 aliphatic carbocycles. The topological polar surface area (TPSA) is 83.5 Å². The Hall–Kier alpha value is -0.420. The third kappa shape index (κ3) is 664. The lowest BCUT2D eigenvalue weighted by Crippen LogP contribution is -2.03. The second-order valence-electron chi connectivity index (χ2n) is 0.970. The minimum absolute atomic E-state index is 0.472. The molecule has 0 aliphatic heterocycles. The zero-order valence-electron chi connectivity index (χ0n) is 4.40. The Kier molecular flexibility index (Phi) is 8.67. The highest BCUT2D eigenvalue weighted by Gasteiger charge is 1.70. The van der Waals surface area contributed by atoms with Gasteiger partial charge in [-0.25, -0.2) is 4.79 Å². The van der Waals surface area contributed by atoms with Gasteiger partial charge in [0.2, 0.25) is 0 Å². The minimum atomic E-state index is -1.33. The van der Waals surface area contributed by atoms with Gasteiger partial charge in [-0.15, -0.1) is 12.6 Å². The van der Waals surface area contributed by atoms with E-state index in [1.165, 1.54) is 0 Å². The number of amides is 1. The smallest absolute Gasteiger partial charge is 0.402 e. The average Bonchev–Trinajstić information content (AvgIpc) is 1.25. The van der Waals surface area contributed by atoms with Gasteiger partial charge >= 0.3 is 6.09 Å². The molecular formula is C3H9NO3S. The summed E-state index contributed by atoms with van der Waals surface area (Å²) in [4.78, 5) is 8.78. The number of nitrogens with two attached hydrogens (primary N) is 1. The number of carboxylic acid groups (broad SMARTS) is 1. The summed E-state index contributed by atoms with van der Waals surface area (Å²) in [7, 11) is 0. The van der Waals surface area contributed by atoms with Crippen LogP contribution < -0.4 is 5.73 Å². The Morgan fingerprint density at radius 2 is 1.88 bits per heavy atom. The number of aliphatic hydroxyl groups excluding tert-OH is 1. The Labute approximate surface area is 52.7 Å². The molecule has 0 bridgehead atoms. The van der Waals surface area contributed by atoms with Gasteiger partial charge in [0.1, 0.15) is 0 Å². The van der Waals surface area contributed by atoms with Crippen LogP contribution >= 0.6 is 12.6 Å². The number of thiol groups is 1. The lowest BCUT2D eigenvalue weighted by Gasteiger charge is -1.79. The molecule has 0 fully saturated rings. The fourth-order valence-electron chi connectivity index (χ4n) is 0. The number of hydrogen-bond donors (Lipinski definition) is 4. The molecule has 8 heavy (non-hydrogen) atoms. The lowest BCUT2D eigenvalue weighted by atomic mass is 10.9. The average molecular weight is 139 g/mol. The molecule has 0 aromatic rings. The third-order valence-electron chi connectivity index (χ3n) is 0. The van der Waals surface area contributed by atoms with Crippen LogP contribution in [0.25, 0.3) is 0 Å². The summed E-state index contributed by atoms with van der Waals surface area (Å²) in [6.07, 6.45) is -1.33. The Morgan fingerprint density at radius 1 is 1.88 bits per heavy atom. The molecule has 0 radical (unpaired) electrons. The van der Waals surface area contributed by atoms with Crippen LogP contribution in [0.5, 0.6) is 0 Å². The molecule has 0 aromatic carbocycles. The number of rotatable bonds is 0. The molecule has 0 rings (SSSR count). The second-order valence-corrected chi connectivity index (χ2v) is 1.72. The van der Waals surface area contributed by atoms with Crippen LogP contribution in [0.4, 0.5) is 4.79 Å². The van der Waals surface area contributed by atoms with E-state index in [1.807, 2.05) is 0 Å². The molecule has 1 amide bonds. The number of aliphatic hydroxyl groups is 1. The molecule has 0 aliphatic rings. The van der Waals surface area contributed by atoms with Crippen LogP contribution in [0.3, 0.4) is 0 Å². The van der Waals surface area contributed by atoms with Crippen molar-refractivity contribution in [2.45, 2.75) is 12.4 Å². The molecule has 4 nitrogen and oxygen atoms in total. The maximum absolute atomic E-state index is 8.78. The zero-order valence-corrected chi connectivity index (χ0v) is 5.30. The summed E-state index contributed by atoms with van der Waals surface area (Å²) in [5.41, 5.74) is 3.56. The van der Waals surface area contributed by atoms with Gasteiger partial charge in [-0.1, -0.05) is 0 Å². The van der Waals surface area contributed by atoms with E-state index >= 15 is 0 Å². The molecule has 5 heteroatoms. The number of carbonyl (C=O) groups is 1. The number of primary amides is 1. The Bertz CT molecular complexity index is 58.8. The monoisotopic (exact) mass is 139 g/mol. The summed E-state index contributed by atoms with van der Waals surface area (Å²) in [6, 6.07) is 0. The molecule has 1 unspecified atom stereocenters. The van der Waals surface area contributed by atoms with Gasteiger partial charge in [-0.3, -0.25) is 0 Å². The fraction of sp³-hybridized carbons (Fsp3) is 0.667. The zero-order chi connectivity index (χ0) is 7.15. The third-order valence-corrected chi connectivity index (χ3v) is 0. The van der Waals surface area contributed by atoms with Gasteiger partial charge < -0.3 is 15.9 Å². The van der Waals surface area contributed by atoms with Gasteiger partial charge in [-0.05, 0) is 6.92 Å². The highest BCUT2D eigenvalue weighted by atomic mass is 32.1. The Morgan fingerprint density at radius 3 is 1.88 bits per heavy atom. The molecule has 0 spiro atoms. The first kappa shape index (κ1) is 10.5. The lowest BCUT2D eigenvalue weighted by molar-refractivity contribution is 0.205. The van der Waals surface area contributed by atoms with Crippen LogP contribution in [0, 0.1) is 0 Å². The molecule has 0 saturated carbocycles. The first-order valence-corrected chi connectivity index (χ1v) is 2.33. The van der Waals surface area contributed by atoms with E-state index in [2.05, 4.69) is 18.4 Å².